The Kier molecular flexibility index (Phi) is 1.99. The largest absolute Gasteiger partial charge is 0.374 e. The average Bonchev–Trinajstić information content (AvgIpc) is 2.88. The lowest BCUT2D eigenvalue weighted by molar-refractivity contribution is 0.956. The fourth-order valence-corrected chi connectivity index (χ4v) is 2.64. The maximum Gasteiger partial charge on any atom is 0.0811 e. The third-order valence-electron chi connectivity index (χ3n) is 2.94. The molecule has 0 bridgehead atoms. The van der Waals surface area contributed by atoms with Gasteiger partial charge in [-0.1, -0.05) is 6.07 Å². The van der Waals surface area contributed by atoms with Crippen molar-refractivity contribution in [2.24, 2.45) is 0 Å². The van der Waals surface area contributed by atoms with Crippen molar-refractivity contribution >= 4 is 17.0 Å². The van der Waals surface area contributed by atoms with Crippen LogP contribution in [0.4, 0.5) is 5.69 Å². The van der Waals surface area contributed by atoms with Gasteiger partial charge in [0.05, 0.1) is 11.2 Å². The Morgan fingerprint density at radius 1 is 1.40 bits per heavy atom. The van der Waals surface area contributed by atoms with Crippen molar-refractivity contribution in [1.29, 1.82) is 0 Å². The van der Waals surface area contributed by atoms with Gasteiger partial charge in [-0.05, 0) is 24.1 Å². The number of hydrogen-bond donors (Lipinski definition) is 0. The van der Waals surface area contributed by atoms with E-state index in [0.717, 1.165) is 18.7 Å². The summed E-state index contributed by atoms with van der Waals surface area (Å²) < 4.78 is 0. The van der Waals surface area contributed by atoms with Gasteiger partial charge in [-0.25, -0.2) is 4.98 Å². The van der Waals surface area contributed by atoms with Gasteiger partial charge in [0.25, 0.3) is 0 Å². The SMILES string of the molecule is CN1CCc2cc(-c3cscn3)ccc21. The van der Waals surface area contributed by atoms with Crippen molar-refractivity contribution in [2.45, 2.75) is 6.42 Å². The Morgan fingerprint density at radius 2 is 2.33 bits per heavy atom. The second-order valence-electron chi connectivity index (χ2n) is 3.89. The molecule has 1 aromatic heterocycles. The van der Waals surface area contributed by atoms with Gasteiger partial charge in [-0.15, -0.1) is 11.3 Å². The van der Waals surface area contributed by atoms with E-state index in [9.17, 15) is 0 Å². The molecule has 2 heterocycles. The van der Waals surface area contributed by atoms with Gasteiger partial charge in [-0.3, -0.25) is 0 Å². The fraction of sp³-hybridized carbons (Fsp3) is 0.250. The van der Waals surface area contributed by atoms with Gasteiger partial charge in [-0.2, -0.15) is 0 Å². The van der Waals surface area contributed by atoms with Gasteiger partial charge in [0, 0.05) is 30.2 Å². The van der Waals surface area contributed by atoms with E-state index < -0.39 is 0 Å². The number of likely N-dealkylation sites (N-methyl/N-ethyl adjacent to an activating group) is 1. The summed E-state index contributed by atoms with van der Waals surface area (Å²) in [6.07, 6.45) is 1.16. The van der Waals surface area contributed by atoms with Crippen molar-refractivity contribution < 1.29 is 0 Å². The number of aromatic nitrogens is 1. The minimum Gasteiger partial charge on any atom is -0.374 e. The normalized spacial score (nSPS) is 14.3. The predicted molar refractivity (Wildman–Crippen MR) is 64.5 cm³/mol. The van der Waals surface area contributed by atoms with Crippen LogP contribution < -0.4 is 4.90 Å². The smallest absolute Gasteiger partial charge is 0.0811 e. The van der Waals surface area contributed by atoms with E-state index in [2.05, 4.69) is 40.5 Å². The summed E-state index contributed by atoms with van der Waals surface area (Å²) >= 11 is 1.65. The number of fused-ring (bicyclic) bond motifs is 1. The summed E-state index contributed by atoms with van der Waals surface area (Å²) in [6.45, 7) is 1.13. The molecule has 1 aliphatic rings. The summed E-state index contributed by atoms with van der Waals surface area (Å²) in [4.78, 5) is 6.64. The van der Waals surface area contributed by atoms with E-state index in [1.807, 2.05) is 5.51 Å². The summed E-state index contributed by atoms with van der Waals surface area (Å²) in [5, 5.41) is 2.10. The van der Waals surface area contributed by atoms with Gasteiger partial charge in [0.15, 0.2) is 0 Å². The Labute approximate surface area is 93.2 Å². The second-order valence-corrected chi connectivity index (χ2v) is 4.61. The zero-order valence-electron chi connectivity index (χ0n) is 8.60. The second kappa shape index (κ2) is 3.35. The lowest BCUT2D eigenvalue weighted by Gasteiger charge is -2.11. The van der Waals surface area contributed by atoms with Gasteiger partial charge in [0.1, 0.15) is 0 Å². The number of nitrogens with zero attached hydrogens (tertiary/aromatic N) is 2. The number of benzene rings is 1. The molecular formula is C12H12N2S. The van der Waals surface area contributed by atoms with Crippen LogP contribution in [0.25, 0.3) is 11.3 Å². The molecule has 0 aliphatic carbocycles. The summed E-state index contributed by atoms with van der Waals surface area (Å²) in [6, 6.07) is 6.64. The molecule has 76 valence electrons. The lowest BCUT2D eigenvalue weighted by Crippen LogP contribution is -2.12. The fourth-order valence-electron chi connectivity index (χ4n) is 2.08. The van der Waals surface area contributed by atoms with Gasteiger partial charge in [0.2, 0.25) is 0 Å². The highest BCUT2D eigenvalue weighted by Crippen LogP contribution is 2.30. The summed E-state index contributed by atoms with van der Waals surface area (Å²) in [5.41, 5.74) is 7.04. The molecule has 0 fully saturated rings. The van der Waals surface area contributed by atoms with Gasteiger partial charge < -0.3 is 4.90 Å². The van der Waals surface area contributed by atoms with Crippen LogP contribution in [0.15, 0.2) is 29.1 Å². The van der Waals surface area contributed by atoms with Crippen molar-refractivity contribution in [1.82, 2.24) is 4.98 Å². The van der Waals surface area contributed by atoms with E-state index in [1.165, 1.54) is 16.8 Å². The number of hydrogen-bond acceptors (Lipinski definition) is 3. The zero-order chi connectivity index (χ0) is 10.3. The van der Waals surface area contributed by atoms with Crippen molar-refractivity contribution in [3.05, 3.63) is 34.7 Å². The van der Waals surface area contributed by atoms with Crippen molar-refractivity contribution in [3.8, 4) is 11.3 Å². The maximum atomic E-state index is 4.34. The third-order valence-corrected chi connectivity index (χ3v) is 3.52. The Balaban J connectivity index is 2.07. The standard InChI is InChI=1S/C12H12N2S/c1-14-5-4-10-6-9(2-3-12(10)14)11-7-15-8-13-11/h2-3,6-8H,4-5H2,1H3. The molecule has 3 heteroatoms. The van der Waals surface area contributed by atoms with Crippen LogP contribution in [0.1, 0.15) is 5.56 Å². The minimum atomic E-state index is 1.09. The topological polar surface area (TPSA) is 16.1 Å². The lowest BCUT2D eigenvalue weighted by atomic mass is 10.1. The Morgan fingerprint density at radius 3 is 3.13 bits per heavy atom. The molecule has 1 aromatic carbocycles. The van der Waals surface area contributed by atoms with Crippen LogP contribution in [0.3, 0.4) is 0 Å². The predicted octanol–water partition coefficient (Wildman–Crippen LogP) is 2.80. The molecule has 0 spiro atoms. The van der Waals surface area contributed by atoms with Gasteiger partial charge >= 0.3 is 0 Å². The molecule has 0 N–H and O–H groups in total. The average molecular weight is 216 g/mol. The third kappa shape index (κ3) is 1.43. The molecule has 0 saturated heterocycles. The highest BCUT2D eigenvalue weighted by atomic mass is 32.1. The molecule has 0 unspecified atom stereocenters. The number of thiazole rings is 1. The highest BCUT2D eigenvalue weighted by molar-refractivity contribution is 7.07. The monoisotopic (exact) mass is 216 g/mol. The number of rotatable bonds is 1. The molecule has 1 aliphatic heterocycles. The molecule has 0 saturated carbocycles. The Bertz CT molecular complexity index is 476. The first kappa shape index (κ1) is 8.92. The highest BCUT2D eigenvalue weighted by Gasteiger charge is 2.15. The molecule has 0 amide bonds. The zero-order valence-corrected chi connectivity index (χ0v) is 9.42. The van der Waals surface area contributed by atoms with Crippen molar-refractivity contribution in [3.63, 3.8) is 0 Å². The van der Waals surface area contributed by atoms with E-state index in [-0.39, 0.29) is 0 Å². The van der Waals surface area contributed by atoms with Crippen LogP contribution in [-0.4, -0.2) is 18.6 Å². The van der Waals surface area contributed by atoms with Crippen LogP contribution >= 0.6 is 11.3 Å². The molecular weight excluding hydrogens is 204 g/mol. The van der Waals surface area contributed by atoms with Crippen LogP contribution in [-0.2, 0) is 6.42 Å². The van der Waals surface area contributed by atoms with Crippen molar-refractivity contribution in [2.75, 3.05) is 18.5 Å². The minimum absolute atomic E-state index is 1.09. The first-order valence-corrected chi connectivity index (χ1v) is 6.01. The van der Waals surface area contributed by atoms with E-state index in [4.69, 9.17) is 0 Å². The summed E-state index contributed by atoms with van der Waals surface area (Å²) in [5.74, 6) is 0. The van der Waals surface area contributed by atoms with Crippen LogP contribution in [0, 0.1) is 0 Å². The molecule has 2 nitrogen and oxygen atoms in total. The molecule has 0 radical (unpaired) electrons. The van der Waals surface area contributed by atoms with E-state index in [1.54, 1.807) is 11.3 Å². The first-order valence-electron chi connectivity index (χ1n) is 5.07. The summed E-state index contributed by atoms with van der Waals surface area (Å²) in [7, 11) is 2.15. The van der Waals surface area contributed by atoms with Crippen LogP contribution in [0.2, 0.25) is 0 Å². The first-order chi connectivity index (χ1) is 7.34. The quantitative estimate of drug-likeness (QED) is 0.728. The molecule has 2 aromatic rings. The Hall–Kier alpha value is -1.35. The molecule has 0 atom stereocenters. The molecule has 15 heavy (non-hydrogen) atoms. The van der Waals surface area contributed by atoms with Crippen LogP contribution in [0.5, 0.6) is 0 Å². The number of anilines is 1. The maximum absolute atomic E-state index is 4.34. The van der Waals surface area contributed by atoms with E-state index >= 15 is 0 Å². The van der Waals surface area contributed by atoms with E-state index in [0.29, 0.717) is 0 Å². The molecule has 3 rings (SSSR count).